The third kappa shape index (κ3) is 3.61. The molecular formula is C13H13ClN4OS. The molecule has 0 fully saturated rings. The second-order valence-electron chi connectivity index (χ2n) is 4.20. The molecule has 0 aliphatic rings. The van der Waals surface area contributed by atoms with Crippen molar-refractivity contribution in [3.63, 3.8) is 0 Å². The van der Waals surface area contributed by atoms with Crippen molar-refractivity contribution in [3.8, 4) is 0 Å². The Morgan fingerprint density at radius 2 is 2.25 bits per heavy atom. The van der Waals surface area contributed by atoms with Gasteiger partial charge in [-0.2, -0.15) is 0 Å². The van der Waals surface area contributed by atoms with Crippen LogP contribution in [0.1, 0.15) is 16.8 Å². The summed E-state index contributed by atoms with van der Waals surface area (Å²) in [5, 5.41) is 8.45. The van der Waals surface area contributed by atoms with Gasteiger partial charge < -0.3 is 10.7 Å². The highest BCUT2D eigenvalue weighted by molar-refractivity contribution is 7.98. The number of hydrogen-bond acceptors (Lipinski definition) is 4. The Hall–Kier alpha value is -1.79. The van der Waals surface area contributed by atoms with Crippen LogP contribution in [-0.2, 0) is 5.75 Å². The van der Waals surface area contributed by atoms with Gasteiger partial charge >= 0.3 is 0 Å². The number of rotatable bonds is 4. The lowest BCUT2D eigenvalue weighted by Gasteiger charge is -2.06. The molecule has 0 unspecified atom stereocenters. The number of aryl methyl sites for hydroxylation is 1. The lowest BCUT2D eigenvalue weighted by atomic mass is 10.1. The van der Waals surface area contributed by atoms with Gasteiger partial charge in [0.2, 0.25) is 0 Å². The first-order chi connectivity index (χ1) is 9.45. The molecule has 2 rings (SSSR count). The van der Waals surface area contributed by atoms with Gasteiger partial charge in [-0.15, -0.1) is 0 Å². The zero-order chi connectivity index (χ0) is 14.7. The topological polar surface area (TPSA) is 95.6 Å². The van der Waals surface area contributed by atoms with E-state index in [9.17, 15) is 4.79 Å². The van der Waals surface area contributed by atoms with Gasteiger partial charge in [-0.25, -0.2) is 4.98 Å². The molecule has 0 saturated heterocycles. The van der Waals surface area contributed by atoms with E-state index in [0.717, 1.165) is 5.56 Å². The Morgan fingerprint density at radius 1 is 1.50 bits per heavy atom. The summed E-state index contributed by atoms with van der Waals surface area (Å²) >= 11 is 7.54. The van der Waals surface area contributed by atoms with E-state index < -0.39 is 0 Å². The van der Waals surface area contributed by atoms with Gasteiger partial charge in [-0.05, 0) is 18.6 Å². The molecule has 1 heterocycles. The van der Waals surface area contributed by atoms with E-state index in [2.05, 4.69) is 9.97 Å². The highest BCUT2D eigenvalue weighted by atomic mass is 35.5. The van der Waals surface area contributed by atoms with Gasteiger partial charge in [0.05, 0.1) is 0 Å². The second kappa shape index (κ2) is 6.11. The SMILES string of the molecule is Cc1cc(=O)[nH]c(SCc2ccc(C(=N)N)cc2Cl)n1. The number of thioether (sulfide) groups is 1. The maximum Gasteiger partial charge on any atom is 0.251 e. The molecule has 1 aromatic carbocycles. The molecule has 0 aliphatic carbocycles. The minimum absolute atomic E-state index is 0.0178. The van der Waals surface area contributed by atoms with Crippen LogP contribution in [0.15, 0.2) is 34.2 Å². The molecule has 7 heteroatoms. The Kier molecular flexibility index (Phi) is 4.46. The van der Waals surface area contributed by atoms with Gasteiger partial charge in [-0.3, -0.25) is 10.2 Å². The minimum atomic E-state index is -0.168. The predicted octanol–water partition coefficient (Wildman–Crippen LogP) is 2.31. The molecule has 1 aromatic heterocycles. The number of H-pyrrole nitrogens is 1. The zero-order valence-corrected chi connectivity index (χ0v) is 12.3. The summed E-state index contributed by atoms with van der Waals surface area (Å²) in [5.74, 6) is 0.555. The number of nitrogen functional groups attached to an aromatic ring is 1. The standard InChI is InChI=1S/C13H13ClN4OS/c1-7-4-11(19)18-13(17-7)20-6-9-3-2-8(12(15)16)5-10(9)14/h2-5H,6H2,1H3,(H3,15,16)(H,17,18,19). The van der Waals surface area contributed by atoms with E-state index in [-0.39, 0.29) is 11.4 Å². The fourth-order valence-electron chi connectivity index (χ4n) is 1.60. The van der Waals surface area contributed by atoms with Gasteiger partial charge in [0.1, 0.15) is 5.84 Å². The quantitative estimate of drug-likeness (QED) is 0.349. The van der Waals surface area contributed by atoms with Crippen LogP contribution in [0, 0.1) is 12.3 Å². The number of nitrogens with one attached hydrogen (secondary N) is 2. The number of amidine groups is 1. The van der Waals surface area contributed by atoms with Crippen molar-refractivity contribution in [2.75, 3.05) is 0 Å². The number of aromatic nitrogens is 2. The smallest absolute Gasteiger partial charge is 0.251 e. The maximum absolute atomic E-state index is 11.3. The predicted molar refractivity (Wildman–Crippen MR) is 81.6 cm³/mol. The lowest BCUT2D eigenvalue weighted by molar-refractivity contribution is 0.905. The van der Waals surface area contributed by atoms with E-state index >= 15 is 0 Å². The zero-order valence-electron chi connectivity index (χ0n) is 10.7. The van der Waals surface area contributed by atoms with Crippen molar-refractivity contribution in [1.82, 2.24) is 9.97 Å². The first-order valence-corrected chi connectivity index (χ1v) is 7.15. The molecule has 0 amide bonds. The number of nitrogens with two attached hydrogens (primary N) is 1. The highest BCUT2D eigenvalue weighted by Gasteiger charge is 2.06. The monoisotopic (exact) mass is 308 g/mol. The fraction of sp³-hybridized carbons (Fsp3) is 0.154. The molecule has 0 spiro atoms. The average Bonchev–Trinajstić information content (AvgIpc) is 2.36. The molecule has 2 aromatic rings. The van der Waals surface area contributed by atoms with Crippen LogP contribution in [0.4, 0.5) is 0 Å². The maximum atomic E-state index is 11.3. The van der Waals surface area contributed by atoms with E-state index in [4.69, 9.17) is 22.7 Å². The Balaban J connectivity index is 2.14. The molecule has 0 aliphatic heterocycles. The molecule has 20 heavy (non-hydrogen) atoms. The third-order valence-electron chi connectivity index (χ3n) is 2.58. The summed E-state index contributed by atoms with van der Waals surface area (Å²) in [6, 6.07) is 6.67. The van der Waals surface area contributed by atoms with Gasteiger partial charge in [0.25, 0.3) is 5.56 Å². The van der Waals surface area contributed by atoms with E-state index in [1.807, 2.05) is 6.07 Å². The number of benzene rings is 1. The summed E-state index contributed by atoms with van der Waals surface area (Å²) in [7, 11) is 0. The van der Waals surface area contributed by atoms with E-state index in [1.54, 1.807) is 19.1 Å². The summed E-state index contributed by atoms with van der Waals surface area (Å²) < 4.78 is 0. The first kappa shape index (κ1) is 14.6. The Bertz CT molecular complexity index is 714. The van der Waals surface area contributed by atoms with Crippen molar-refractivity contribution in [3.05, 3.63) is 56.5 Å². The summed E-state index contributed by atoms with van der Waals surface area (Å²) in [5.41, 5.74) is 7.39. The van der Waals surface area contributed by atoms with E-state index in [1.165, 1.54) is 17.8 Å². The molecule has 0 bridgehead atoms. The Labute approximate surface area is 125 Å². The largest absolute Gasteiger partial charge is 0.384 e. The van der Waals surface area contributed by atoms with Crippen LogP contribution in [0.2, 0.25) is 5.02 Å². The van der Waals surface area contributed by atoms with Crippen LogP contribution in [-0.4, -0.2) is 15.8 Å². The molecular weight excluding hydrogens is 296 g/mol. The van der Waals surface area contributed by atoms with Gasteiger partial charge in [-0.1, -0.05) is 35.5 Å². The number of hydrogen-bond donors (Lipinski definition) is 3. The van der Waals surface area contributed by atoms with Crippen molar-refractivity contribution < 1.29 is 0 Å². The summed E-state index contributed by atoms with van der Waals surface area (Å²) in [6.45, 7) is 1.77. The number of halogens is 1. The summed E-state index contributed by atoms with van der Waals surface area (Å²) in [6.07, 6.45) is 0. The second-order valence-corrected chi connectivity index (χ2v) is 5.57. The van der Waals surface area contributed by atoms with Crippen LogP contribution in [0.5, 0.6) is 0 Å². The van der Waals surface area contributed by atoms with Crippen molar-refractivity contribution >= 4 is 29.2 Å². The minimum Gasteiger partial charge on any atom is -0.384 e. The lowest BCUT2D eigenvalue weighted by Crippen LogP contribution is -2.11. The molecule has 5 nitrogen and oxygen atoms in total. The third-order valence-corrected chi connectivity index (χ3v) is 3.85. The fourth-order valence-corrected chi connectivity index (χ4v) is 2.85. The molecule has 4 N–H and O–H groups in total. The molecule has 0 atom stereocenters. The average molecular weight is 309 g/mol. The van der Waals surface area contributed by atoms with Crippen molar-refractivity contribution in [1.29, 1.82) is 5.41 Å². The molecule has 104 valence electrons. The molecule has 0 radical (unpaired) electrons. The Morgan fingerprint density at radius 3 is 2.85 bits per heavy atom. The van der Waals surface area contributed by atoms with Gasteiger partial charge in [0.15, 0.2) is 5.16 Å². The van der Waals surface area contributed by atoms with Crippen LogP contribution in [0.3, 0.4) is 0 Å². The van der Waals surface area contributed by atoms with Crippen LogP contribution in [0.25, 0.3) is 0 Å². The number of nitrogens with zero attached hydrogens (tertiary/aromatic N) is 1. The van der Waals surface area contributed by atoms with Crippen LogP contribution >= 0.6 is 23.4 Å². The van der Waals surface area contributed by atoms with Crippen LogP contribution < -0.4 is 11.3 Å². The van der Waals surface area contributed by atoms with E-state index in [0.29, 0.717) is 27.2 Å². The normalized spacial score (nSPS) is 10.5. The first-order valence-electron chi connectivity index (χ1n) is 5.79. The van der Waals surface area contributed by atoms with Gasteiger partial charge in [0, 0.05) is 28.1 Å². The summed E-state index contributed by atoms with van der Waals surface area (Å²) in [4.78, 5) is 18.2. The highest BCUT2D eigenvalue weighted by Crippen LogP contribution is 2.25. The molecule has 0 saturated carbocycles. The van der Waals surface area contributed by atoms with Crippen molar-refractivity contribution in [2.24, 2.45) is 5.73 Å². The number of aromatic amines is 1. The van der Waals surface area contributed by atoms with Crippen molar-refractivity contribution in [2.45, 2.75) is 17.8 Å².